The predicted molar refractivity (Wildman–Crippen MR) is 62.6 cm³/mol. The first-order valence-corrected chi connectivity index (χ1v) is 5.65. The largest absolute Gasteiger partial charge is 0.480 e. The lowest BCUT2D eigenvalue weighted by atomic mass is 9.78. The van der Waals surface area contributed by atoms with Gasteiger partial charge in [0.15, 0.2) is 5.41 Å². The highest BCUT2D eigenvalue weighted by atomic mass is 19.1. The molecule has 0 amide bonds. The molecular weight excluding hydrogens is 239 g/mol. The molecule has 1 aromatic carbocycles. The number of hydrogen-bond donors (Lipinski definition) is 1. The number of aliphatic carboxylic acids is 1. The van der Waals surface area contributed by atoms with Gasteiger partial charge in [-0.05, 0) is 31.0 Å². The van der Waals surface area contributed by atoms with Gasteiger partial charge in [0, 0.05) is 0 Å². The standard InChI is InChI=1S/C13H15FO4/c1-3-13(11(15)16,12(17)18-4-2)9-5-7-10(14)8-6-9/h5-8H,3-4H2,1-2H3,(H,15,16). The monoisotopic (exact) mass is 254 g/mol. The lowest BCUT2D eigenvalue weighted by molar-refractivity contribution is -0.161. The highest BCUT2D eigenvalue weighted by molar-refractivity contribution is 6.05. The van der Waals surface area contributed by atoms with Crippen molar-refractivity contribution in [2.24, 2.45) is 0 Å². The number of ether oxygens (including phenoxy) is 1. The van der Waals surface area contributed by atoms with E-state index in [4.69, 9.17) is 4.74 Å². The van der Waals surface area contributed by atoms with Crippen LogP contribution in [0.4, 0.5) is 4.39 Å². The van der Waals surface area contributed by atoms with Crippen molar-refractivity contribution in [1.82, 2.24) is 0 Å². The molecule has 0 aliphatic carbocycles. The number of benzene rings is 1. The van der Waals surface area contributed by atoms with Crippen molar-refractivity contribution in [1.29, 1.82) is 0 Å². The molecule has 5 heteroatoms. The number of carbonyl (C=O) groups excluding carboxylic acids is 1. The zero-order valence-corrected chi connectivity index (χ0v) is 10.3. The zero-order valence-electron chi connectivity index (χ0n) is 10.3. The van der Waals surface area contributed by atoms with E-state index in [0.29, 0.717) is 0 Å². The van der Waals surface area contributed by atoms with Gasteiger partial charge in [-0.15, -0.1) is 0 Å². The van der Waals surface area contributed by atoms with Gasteiger partial charge in [0.05, 0.1) is 6.61 Å². The van der Waals surface area contributed by atoms with Gasteiger partial charge in [0.25, 0.3) is 0 Å². The second-order valence-electron chi connectivity index (χ2n) is 3.79. The van der Waals surface area contributed by atoms with Crippen LogP contribution in [0.3, 0.4) is 0 Å². The smallest absolute Gasteiger partial charge is 0.328 e. The Morgan fingerprint density at radius 2 is 1.83 bits per heavy atom. The lowest BCUT2D eigenvalue weighted by Gasteiger charge is -2.26. The highest BCUT2D eigenvalue weighted by Gasteiger charge is 2.47. The van der Waals surface area contributed by atoms with Gasteiger partial charge < -0.3 is 9.84 Å². The van der Waals surface area contributed by atoms with E-state index >= 15 is 0 Å². The van der Waals surface area contributed by atoms with Crippen molar-refractivity contribution >= 4 is 11.9 Å². The van der Waals surface area contributed by atoms with Crippen LogP contribution in [0, 0.1) is 5.82 Å². The molecule has 1 atom stereocenters. The Morgan fingerprint density at radius 1 is 1.28 bits per heavy atom. The van der Waals surface area contributed by atoms with Crippen LogP contribution in [0.1, 0.15) is 25.8 Å². The SMILES string of the molecule is CCOC(=O)C(CC)(C(=O)O)c1ccc(F)cc1. The van der Waals surface area contributed by atoms with Gasteiger partial charge in [0.2, 0.25) is 0 Å². The average molecular weight is 254 g/mol. The second kappa shape index (κ2) is 5.62. The zero-order chi connectivity index (χ0) is 13.8. The summed E-state index contributed by atoms with van der Waals surface area (Å²) in [6.45, 7) is 3.27. The minimum atomic E-state index is -1.77. The summed E-state index contributed by atoms with van der Waals surface area (Å²) in [5.74, 6) is -2.61. The van der Waals surface area contributed by atoms with Crippen molar-refractivity contribution in [3.05, 3.63) is 35.6 Å². The number of esters is 1. The molecule has 1 unspecified atom stereocenters. The summed E-state index contributed by atoms with van der Waals surface area (Å²) in [6.07, 6.45) is 0.0345. The summed E-state index contributed by atoms with van der Waals surface area (Å²) in [6, 6.07) is 4.84. The number of halogens is 1. The molecule has 0 fully saturated rings. The summed E-state index contributed by atoms with van der Waals surface area (Å²) in [5, 5.41) is 9.35. The number of carbonyl (C=O) groups is 2. The molecular formula is C13H15FO4. The predicted octanol–water partition coefficient (Wildman–Crippen LogP) is 2.12. The molecule has 18 heavy (non-hydrogen) atoms. The molecule has 0 aromatic heterocycles. The van der Waals surface area contributed by atoms with Gasteiger partial charge in [-0.3, -0.25) is 9.59 Å². The first kappa shape index (κ1) is 14.2. The van der Waals surface area contributed by atoms with Crippen molar-refractivity contribution in [3.8, 4) is 0 Å². The third-order valence-electron chi connectivity index (χ3n) is 2.86. The number of carboxylic acids is 1. The Balaban J connectivity index is 3.31. The van der Waals surface area contributed by atoms with Gasteiger partial charge in [-0.1, -0.05) is 19.1 Å². The molecule has 0 saturated heterocycles. The first-order chi connectivity index (χ1) is 8.48. The molecule has 0 bridgehead atoms. The van der Waals surface area contributed by atoms with Crippen LogP contribution >= 0.6 is 0 Å². The topological polar surface area (TPSA) is 63.6 Å². The van der Waals surface area contributed by atoms with E-state index < -0.39 is 23.2 Å². The molecule has 0 saturated carbocycles. The van der Waals surface area contributed by atoms with Crippen LogP contribution in [0.25, 0.3) is 0 Å². The minimum absolute atomic E-state index is 0.0345. The Bertz CT molecular complexity index is 441. The third kappa shape index (κ3) is 2.34. The Kier molecular flexibility index (Phi) is 4.42. The normalized spacial score (nSPS) is 13.7. The van der Waals surface area contributed by atoms with Crippen LogP contribution in [0.5, 0.6) is 0 Å². The molecule has 0 radical (unpaired) electrons. The van der Waals surface area contributed by atoms with Gasteiger partial charge in [0.1, 0.15) is 5.82 Å². The van der Waals surface area contributed by atoms with Crippen molar-refractivity contribution in [3.63, 3.8) is 0 Å². The van der Waals surface area contributed by atoms with Crippen LogP contribution in [-0.2, 0) is 19.7 Å². The van der Waals surface area contributed by atoms with E-state index in [1.807, 2.05) is 0 Å². The molecule has 1 rings (SSSR count). The maximum atomic E-state index is 12.9. The van der Waals surface area contributed by atoms with Crippen molar-refractivity contribution in [2.45, 2.75) is 25.7 Å². The molecule has 98 valence electrons. The fourth-order valence-corrected chi connectivity index (χ4v) is 1.82. The number of hydrogen-bond acceptors (Lipinski definition) is 3. The molecule has 1 aromatic rings. The van der Waals surface area contributed by atoms with Crippen LogP contribution in [0.2, 0.25) is 0 Å². The maximum absolute atomic E-state index is 12.9. The number of carboxylic acid groups (broad SMARTS) is 1. The van der Waals surface area contributed by atoms with Crippen LogP contribution in [0.15, 0.2) is 24.3 Å². The molecule has 0 aliphatic heterocycles. The van der Waals surface area contributed by atoms with E-state index in [-0.39, 0.29) is 18.6 Å². The van der Waals surface area contributed by atoms with Crippen molar-refractivity contribution in [2.75, 3.05) is 6.61 Å². The fraction of sp³-hybridized carbons (Fsp3) is 0.385. The minimum Gasteiger partial charge on any atom is -0.480 e. The Hall–Kier alpha value is -1.91. The van der Waals surface area contributed by atoms with Crippen LogP contribution < -0.4 is 0 Å². The summed E-state index contributed by atoms with van der Waals surface area (Å²) in [5.41, 5.74) is -1.55. The van der Waals surface area contributed by atoms with Gasteiger partial charge in [-0.2, -0.15) is 0 Å². The molecule has 0 spiro atoms. The molecule has 1 N–H and O–H groups in total. The van der Waals surface area contributed by atoms with E-state index in [1.54, 1.807) is 13.8 Å². The first-order valence-electron chi connectivity index (χ1n) is 5.65. The maximum Gasteiger partial charge on any atom is 0.328 e. The van der Waals surface area contributed by atoms with E-state index in [1.165, 1.54) is 12.1 Å². The molecule has 0 aliphatic rings. The van der Waals surface area contributed by atoms with Gasteiger partial charge in [-0.25, -0.2) is 4.39 Å². The van der Waals surface area contributed by atoms with E-state index in [0.717, 1.165) is 12.1 Å². The summed E-state index contributed by atoms with van der Waals surface area (Å²) >= 11 is 0. The Labute approximate surface area is 104 Å². The number of rotatable bonds is 5. The van der Waals surface area contributed by atoms with E-state index in [9.17, 15) is 19.1 Å². The van der Waals surface area contributed by atoms with Crippen LogP contribution in [-0.4, -0.2) is 23.7 Å². The molecule has 4 nitrogen and oxygen atoms in total. The molecule has 0 heterocycles. The van der Waals surface area contributed by atoms with Gasteiger partial charge >= 0.3 is 11.9 Å². The summed E-state index contributed by atoms with van der Waals surface area (Å²) in [4.78, 5) is 23.4. The average Bonchev–Trinajstić information content (AvgIpc) is 2.33. The van der Waals surface area contributed by atoms with E-state index in [2.05, 4.69) is 0 Å². The third-order valence-corrected chi connectivity index (χ3v) is 2.86. The quantitative estimate of drug-likeness (QED) is 0.645. The highest BCUT2D eigenvalue weighted by Crippen LogP contribution is 2.30. The fourth-order valence-electron chi connectivity index (χ4n) is 1.82. The van der Waals surface area contributed by atoms with Crippen molar-refractivity contribution < 1.29 is 23.8 Å². The second-order valence-corrected chi connectivity index (χ2v) is 3.79. The lowest BCUT2D eigenvalue weighted by Crippen LogP contribution is -2.44. The Morgan fingerprint density at radius 3 is 2.22 bits per heavy atom. The summed E-state index contributed by atoms with van der Waals surface area (Å²) in [7, 11) is 0. The summed E-state index contributed by atoms with van der Waals surface area (Å²) < 4.78 is 17.7.